The van der Waals surface area contributed by atoms with Crippen molar-refractivity contribution in [2.24, 2.45) is 5.92 Å². The molecule has 1 atom stereocenters. The van der Waals surface area contributed by atoms with Gasteiger partial charge in [-0.05, 0) is 12.8 Å². The van der Waals surface area contributed by atoms with Crippen molar-refractivity contribution in [1.29, 1.82) is 0 Å². The number of carbonyl (C=O) groups is 1. The normalized spacial score (nSPS) is 24.5. The molecule has 3 heteroatoms. The van der Waals surface area contributed by atoms with Crippen LogP contribution in [-0.4, -0.2) is 22.8 Å². The SMILES string of the molecule is O=C(O)C1=CCCC1CO. The molecule has 0 bridgehead atoms. The quantitative estimate of drug-likeness (QED) is 0.586. The molecule has 1 aliphatic carbocycles. The molecule has 0 aromatic heterocycles. The number of carboxylic acid groups (broad SMARTS) is 1. The van der Waals surface area contributed by atoms with Crippen LogP contribution < -0.4 is 0 Å². The monoisotopic (exact) mass is 142 g/mol. The van der Waals surface area contributed by atoms with E-state index in [-0.39, 0.29) is 12.5 Å². The molecule has 0 saturated heterocycles. The van der Waals surface area contributed by atoms with Crippen molar-refractivity contribution in [1.82, 2.24) is 0 Å². The Hall–Kier alpha value is -0.830. The molecular formula is C7H10O3. The summed E-state index contributed by atoms with van der Waals surface area (Å²) in [5, 5.41) is 17.2. The number of aliphatic hydroxyl groups excluding tert-OH is 1. The van der Waals surface area contributed by atoms with Crippen LogP contribution in [0.4, 0.5) is 0 Å². The lowest BCUT2D eigenvalue weighted by Gasteiger charge is -2.05. The zero-order valence-corrected chi connectivity index (χ0v) is 5.58. The number of hydrogen-bond acceptors (Lipinski definition) is 2. The maximum absolute atomic E-state index is 10.4. The van der Waals surface area contributed by atoms with Gasteiger partial charge in [0.2, 0.25) is 0 Å². The minimum absolute atomic E-state index is 0.0435. The molecule has 0 aliphatic heterocycles. The second-order valence-electron chi connectivity index (χ2n) is 2.42. The van der Waals surface area contributed by atoms with Gasteiger partial charge < -0.3 is 10.2 Å². The molecule has 0 fully saturated rings. The Morgan fingerprint density at radius 3 is 2.90 bits per heavy atom. The Balaban J connectivity index is 2.65. The highest BCUT2D eigenvalue weighted by atomic mass is 16.4. The van der Waals surface area contributed by atoms with Crippen LogP contribution in [0, 0.1) is 5.92 Å². The first-order valence-electron chi connectivity index (χ1n) is 3.30. The predicted octanol–water partition coefficient (Wildman–Crippen LogP) is 0.400. The van der Waals surface area contributed by atoms with Gasteiger partial charge in [-0.3, -0.25) is 0 Å². The average molecular weight is 142 g/mol. The van der Waals surface area contributed by atoms with Gasteiger partial charge in [0.25, 0.3) is 0 Å². The molecule has 56 valence electrons. The Bertz CT molecular complexity index is 172. The molecule has 0 aromatic rings. The third-order valence-electron chi connectivity index (χ3n) is 1.79. The maximum Gasteiger partial charge on any atom is 0.331 e. The highest BCUT2D eigenvalue weighted by Crippen LogP contribution is 2.24. The van der Waals surface area contributed by atoms with Gasteiger partial charge in [0.05, 0.1) is 6.61 Å². The third kappa shape index (κ3) is 1.19. The van der Waals surface area contributed by atoms with Crippen LogP contribution in [0.1, 0.15) is 12.8 Å². The van der Waals surface area contributed by atoms with E-state index in [1.54, 1.807) is 6.08 Å². The van der Waals surface area contributed by atoms with E-state index in [0.717, 1.165) is 12.8 Å². The Kier molecular flexibility index (Phi) is 2.06. The van der Waals surface area contributed by atoms with Crippen molar-refractivity contribution >= 4 is 5.97 Å². The first-order valence-corrected chi connectivity index (χ1v) is 3.30. The van der Waals surface area contributed by atoms with E-state index < -0.39 is 5.97 Å². The van der Waals surface area contributed by atoms with Gasteiger partial charge in [0, 0.05) is 11.5 Å². The smallest absolute Gasteiger partial charge is 0.331 e. The Labute approximate surface area is 59.0 Å². The van der Waals surface area contributed by atoms with Crippen LogP contribution in [0.2, 0.25) is 0 Å². The molecule has 0 radical (unpaired) electrons. The fourth-order valence-electron chi connectivity index (χ4n) is 1.21. The molecule has 1 unspecified atom stereocenters. The number of aliphatic carboxylic acids is 1. The second kappa shape index (κ2) is 2.84. The van der Waals surface area contributed by atoms with Gasteiger partial charge >= 0.3 is 5.97 Å². The van der Waals surface area contributed by atoms with Gasteiger partial charge in [-0.2, -0.15) is 0 Å². The summed E-state index contributed by atoms with van der Waals surface area (Å²) in [6, 6.07) is 0. The van der Waals surface area contributed by atoms with Crippen LogP contribution in [0.5, 0.6) is 0 Å². The number of rotatable bonds is 2. The van der Waals surface area contributed by atoms with E-state index in [1.165, 1.54) is 0 Å². The predicted molar refractivity (Wildman–Crippen MR) is 35.5 cm³/mol. The summed E-state index contributed by atoms with van der Waals surface area (Å²) in [7, 11) is 0. The lowest BCUT2D eigenvalue weighted by molar-refractivity contribution is -0.133. The first-order chi connectivity index (χ1) is 4.75. The highest BCUT2D eigenvalue weighted by molar-refractivity contribution is 5.87. The van der Waals surface area contributed by atoms with Crippen LogP contribution >= 0.6 is 0 Å². The molecule has 0 aromatic carbocycles. The highest BCUT2D eigenvalue weighted by Gasteiger charge is 2.23. The molecule has 3 nitrogen and oxygen atoms in total. The van der Waals surface area contributed by atoms with E-state index in [1.807, 2.05) is 0 Å². The lowest BCUT2D eigenvalue weighted by atomic mass is 10.0. The summed E-state index contributed by atoms with van der Waals surface area (Å²) >= 11 is 0. The van der Waals surface area contributed by atoms with Crippen molar-refractivity contribution in [2.45, 2.75) is 12.8 Å². The zero-order chi connectivity index (χ0) is 7.56. The van der Waals surface area contributed by atoms with E-state index >= 15 is 0 Å². The van der Waals surface area contributed by atoms with Gasteiger partial charge in [0.1, 0.15) is 0 Å². The van der Waals surface area contributed by atoms with E-state index in [0.29, 0.717) is 5.57 Å². The molecule has 0 spiro atoms. The number of carboxylic acids is 1. The summed E-state index contributed by atoms with van der Waals surface area (Å²) in [6.45, 7) is -0.0435. The van der Waals surface area contributed by atoms with Crippen molar-refractivity contribution in [3.63, 3.8) is 0 Å². The van der Waals surface area contributed by atoms with Crippen molar-refractivity contribution in [3.05, 3.63) is 11.6 Å². The molecule has 2 N–H and O–H groups in total. The summed E-state index contributed by atoms with van der Waals surface area (Å²) in [5.74, 6) is -1.02. The minimum atomic E-state index is -0.892. The van der Waals surface area contributed by atoms with Crippen molar-refractivity contribution in [2.75, 3.05) is 6.61 Å². The molecule has 0 amide bonds. The number of allylic oxidation sites excluding steroid dienone is 1. The van der Waals surface area contributed by atoms with Gasteiger partial charge in [-0.15, -0.1) is 0 Å². The summed E-state index contributed by atoms with van der Waals surface area (Å²) in [6.07, 6.45) is 3.24. The molecule has 1 rings (SSSR count). The van der Waals surface area contributed by atoms with E-state index in [4.69, 9.17) is 10.2 Å². The Morgan fingerprint density at radius 2 is 2.50 bits per heavy atom. The number of hydrogen-bond donors (Lipinski definition) is 2. The van der Waals surface area contributed by atoms with Crippen molar-refractivity contribution in [3.8, 4) is 0 Å². The second-order valence-corrected chi connectivity index (χ2v) is 2.42. The molecular weight excluding hydrogens is 132 g/mol. The molecule has 0 saturated carbocycles. The van der Waals surface area contributed by atoms with Crippen LogP contribution in [0.25, 0.3) is 0 Å². The molecule has 1 aliphatic rings. The fourth-order valence-corrected chi connectivity index (χ4v) is 1.21. The lowest BCUT2D eigenvalue weighted by Crippen LogP contribution is -2.11. The average Bonchev–Trinajstić information content (AvgIpc) is 2.33. The van der Waals surface area contributed by atoms with Crippen LogP contribution in [0.3, 0.4) is 0 Å². The third-order valence-corrected chi connectivity index (χ3v) is 1.79. The summed E-state index contributed by atoms with van der Waals surface area (Å²) < 4.78 is 0. The topological polar surface area (TPSA) is 57.5 Å². The zero-order valence-electron chi connectivity index (χ0n) is 5.58. The number of aliphatic hydroxyl groups is 1. The van der Waals surface area contributed by atoms with Crippen molar-refractivity contribution < 1.29 is 15.0 Å². The van der Waals surface area contributed by atoms with Gasteiger partial charge in [-0.25, -0.2) is 4.79 Å². The largest absolute Gasteiger partial charge is 0.478 e. The fraction of sp³-hybridized carbons (Fsp3) is 0.571. The maximum atomic E-state index is 10.4. The standard InChI is InChI=1S/C7H10O3/c8-4-5-2-1-3-6(5)7(9)10/h3,5,8H,1-2,4H2,(H,9,10). The molecule has 10 heavy (non-hydrogen) atoms. The minimum Gasteiger partial charge on any atom is -0.478 e. The first kappa shape index (κ1) is 7.28. The van der Waals surface area contributed by atoms with E-state index in [2.05, 4.69) is 0 Å². The molecule has 0 heterocycles. The summed E-state index contributed by atoms with van der Waals surface area (Å²) in [5.41, 5.74) is 0.377. The van der Waals surface area contributed by atoms with Gasteiger partial charge in [0.15, 0.2) is 0 Å². The van der Waals surface area contributed by atoms with Crippen LogP contribution in [-0.2, 0) is 4.79 Å². The van der Waals surface area contributed by atoms with Crippen LogP contribution in [0.15, 0.2) is 11.6 Å². The van der Waals surface area contributed by atoms with E-state index in [9.17, 15) is 4.79 Å². The van der Waals surface area contributed by atoms with Gasteiger partial charge in [-0.1, -0.05) is 6.08 Å². The Morgan fingerprint density at radius 1 is 1.80 bits per heavy atom. The summed E-state index contributed by atoms with van der Waals surface area (Å²) in [4.78, 5) is 10.4.